The summed E-state index contributed by atoms with van der Waals surface area (Å²) in [6, 6.07) is 81.0. The van der Waals surface area contributed by atoms with Gasteiger partial charge in [0.25, 0.3) is 0 Å². The van der Waals surface area contributed by atoms with Crippen LogP contribution in [0.2, 0.25) is 0 Å². The lowest BCUT2D eigenvalue weighted by atomic mass is 9.91. The maximum Gasteiger partial charge on any atom is -0.00988 e. The predicted octanol–water partition coefficient (Wildman–Crippen LogP) is 16.4. The Morgan fingerprint density at radius 1 is 0.155 bits per heavy atom. The molecule has 0 heteroatoms. The fourth-order valence-corrected chi connectivity index (χ4v) is 9.38. The Morgan fingerprint density at radius 3 is 0.862 bits per heavy atom. The standard InChI is InChI=1S/C58H36/c1-3-11-51-45(9-1)35-57(55-15-7-5-13-53(51)55)47-27-19-37-17-21-43(31-49(37)33-47)41-25-23-40-30-42(26-24-39(40)29-41)44-22-18-38-20-28-48(34-50(38)32-44)58-36-46-10-2-4-12-52(46)54-14-6-8-16-56(54)58/h1-36H. The van der Waals surface area contributed by atoms with Gasteiger partial charge in [0.2, 0.25) is 0 Å². The molecule has 0 aliphatic rings. The largest absolute Gasteiger partial charge is 0.0616 e. The van der Waals surface area contributed by atoms with Crippen LogP contribution in [-0.4, -0.2) is 0 Å². The van der Waals surface area contributed by atoms with Crippen LogP contribution in [0.3, 0.4) is 0 Å². The van der Waals surface area contributed by atoms with E-state index in [-0.39, 0.29) is 0 Å². The molecule has 0 amide bonds. The fourth-order valence-electron chi connectivity index (χ4n) is 9.38. The van der Waals surface area contributed by atoms with Crippen molar-refractivity contribution in [2.24, 2.45) is 0 Å². The van der Waals surface area contributed by atoms with E-state index >= 15 is 0 Å². The minimum Gasteiger partial charge on any atom is -0.0616 e. The van der Waals surface area contributed by atoms with E-state index in [1.54, 1.807) is 0 Å². The van der Waals surface area contributed by atoms with E-state index in [0.717, 1.165) is 0 Å². The highest BCUT2D eigenvalue weighted by atomic mass is 14.2. The molecule has 0 aromatic heterocycles. The molecular formula is C58H36. The third-order valence-electron chi connectivity index (χ3n) is 12.3. The first-order valence-electron chi connectivity index (χ1n) is 20.1. The van der Waals surface area contributed by atoms with Crippen LogP contribution in [0.15, 0.2) is 218 Å². The molecule has 0 fully saturated rings. The number of hydrogen-bond acceptors (Lipinski definition) is 0. The van der Waals surface area contributed by atoms with Gasteiger partial charge in [-0.1, -0.05) is 170 Å². The number of benzene rings is 12. The fraction of sp³-hybridized carbons (Fsp3) is 0. The molecule has 0 heterocycles. The second-order valence-corrected chi connectivity index (χ2v) is 15.7. The molecule has 0 aliphatic carbocycles. The minimum atomic E-state index is 1.23. The molecule has 0 radical (unpaired) electrons. The lowest BCUT2D eigenvalue weighted by molar-refractivity contribution is 1.65. The van der Waals surface area contributed by atoms with E-state index in [2.05, 4.69) is 218 Å². The lowest BCUT2D eigenvalue weighted by Crippen LogP contribution is -1.86. The summed E-state index contributed by atoms with van der Waals surface area (Å²) >= 11 is 0. The molecule has 0 N–H and O–H groups in total. The van der Waals surface area contributed by atoms with Crippen LogP contribution in [0, 0.1) is 0 Å². The Balaban J connectivity index is 0.887. The monoisotopic (exact) mass is 732 g/mol. The summed E-state index contributed by atoms with van der Waals surface area (Å²) in [4.78, 5) is 0. The van der Waals surface area contributed by atoms with Crippen LogP contribution in [0.5, 0.6) is 0 Å². The highest BCUT2D eigenvalue weighted by Gasteiger charge is 2.12. The van der Waals surface area contributed by atoms with Crippen LogP contribution in [0.25, 0.3) is 120 Å². The van der Waals surface area contributed by atoms with Crippen molar-refractivity contribution in [1.82, 2.24) is 0 Å². The highest BCUT2D eigenvalue weighted by molar-refractivity contribution is 6.15. The second kappa shape index (κ2) is 13.0. The molecule has 268 valence electrons. The smallest absolute Gasteiger partial charge is 0.00988 e. The first-order valence-corrected chi connectivity index (χ1v) is 20.1. The summed E-state index contributed by atoms with van der Waals surface area (Å²) in [5.41, 5.74) is 9.93. The Labute approximate surface area is 336 Å². The van der Waals surface area contributed by atoms with Crippen molar-refractivity contribution in [3.05, 3.63) is 218 Å². The first kappa shape index (κ1) is 32.7. The molecule has 12 aromatic carbocycles. The molecule has 0 spiro atoms. The minimum absolute atomic E-state index is 1.23. The summed E-state index contributed by atoms with van der Waals surface area (Å²) in [5, 5.41) is 17.8. The molecule has 0 saturated carbocycles. The van der Waals surface area contributed by atoms with Crippen molar-refractivity contribution in [3.63, 3.8) is 0 Å². The molecule has 58 heavy (non-hydrogen) atoms. The average Bonchev–Trinajstić information content (AvgIpc) is 3.30. The number of rotatable bonds is 4. The van der Waals surface area contributed by atoms with E-state index in [1.807, 2.05) is 0 Å². The first-order chi connectivity index (χ1) is 28.7. The van der Waals surface area contributed by atoms with Gasteiger partial charge in [0.1, 0.15) is 0 Å². The molecule has 0 saturated heterocycles. The van der Waals surface area contributed by atoms with Gasteiger partial charge in [-0.15, -0.1) is 0 Å². The maximum atomic E-state index is 2.36. The van der Waals surface area contributed by atoms with Gasteiger partial charge >= 0.3 is 0 Å². The Morgan fingerprint density at radius 2 is 0.448 bits per heavy atom. The van der Waals surface area contributed by atoms with Crippen molar-refractivity contribution < 1.29 is 0 Å². The lowest BCUT2D eigenvalue weighted by Gasteiger charge is -2.13. The van der Waals surface area contributed by atoms with E-state index < -0.39 is 0 Å². The number of hydrogen-bond donors (Lipinski definition) is 0. The van der Waals surface area contributed by atoms with Crippen molar-refractivity contribution in [3.8, 4) is 44.5 Å². The van der Waals surface area contributed by atoms with E-state index in [9.17, 15) is 0 Å². The zero-order valence-corrected chi connectivity index (χ0v) is 31.8. The van der Waals surface area contributed by atoms with E-state index in [1.165, 1.54) is 120 Å². The molecule has 0 aliphatic heterocycles. The topological polar surface area (TPSA) is 0 Å². The second-order valence-electron chi connectivity index (χ2n) is 15.7. The quantitative estimate of drug-likeness (QED) is 0.158. The third-order valence-corrected chi connectivity index (χ3v) is 12.3. The van der Waals surface area contributed by atoms with Crippen LogP contribution >= 0.6 is 0 Å². The van der Waals surface area contributed by atoms with Gasteiger partial charge in [-0.3, -0.25) is 0 Å². The number of fused-ring (bicyclic) bond motifs is 9. The zero-order chi connectivity index (χ0) is 38.2. The SMILES string of the molecule is c1ccc2c(c1)cc(-c1ccc3ccc(-c4ccc5cc(-c6ccc7ccc(-c8cc9ccccc9c9ccccc89)cc7c6)ccc5c4)cc3c1)c1ccccc12. The molecule has 0 bridgehead atoms. The Kier molecular flexibility index (Phi) is 7.33. The van der Waals surface area contributed by atoms with Crippen LogP contribution < -0.4 is 0 Å². The van der Waals surface area contributed by atoms with Gasteiger partial charge in [0.15, 0.2) is 0 Å². The normalized spacial score (nSPS) is 11.8. The highest BCUT2D eigenvalue weighted by Crippen LogP contribution is 2.39. The summed E-state index contributed by atoms with van der Waals surface area (Å²) in [7, 11) is 0. The third kappa shape index (κ3) is 5.38. The summed E-state index contributed by atoms with van der Waals surface area (Å²) in [6.07, 6.45) is 0. The van der Waals surface area contributed by atoms with Gasteiger partial charge in [0.05, 0.1) is 0 Å². The van der Waals surface area contributed by atoms with Crippen molar-refractivity contribution >= 4 is 75.4 Å². The molecule has 0 nitrogen and oxygen atoms in total. The molecule has 0 unspecified atom stereocenters. The van der Waals surface area contributed by atoms with Crippen molar-refractivity contribution in [1.29, 1.82) is 0 Å². The van der Waals surface area contributed by atoms with E-state index in [4.69, 9.17) is 0 Å². The maximum absolute atomic E-state index is 2.36. The Hall–Kier alpha value is -7.54. The summed E-state index contributed by atoms with van der Waals surface area (Å²) in [5.74, 6) is 0. The van der Waals surface area contributed by atoms with Crippen molar-refractivity contribution in [2.45, 2.75) is 0 Å². The van der Waals surface area contributed by atoms with Gasteiger partial charge in [-0.25, -0.2) is 0 Å². The van der Waals surface area contributed by atoms with Gasteiger partial charge < -0.3 is 0 Å². The van der Waals surface area contributed by atoms with Crippen LogP contribution in [0.1, 0.15) is 0 Å². The predicted molar refractivity (Wildman–Crippen MR) is 251 cm³/mol. The van der Waals surface area contributed by atoms with Crippen molar-refractivity contribution in [2.75, 3.05) is 0 Å². The van der Waals surface area contributed by atoms with Crippen LogP contribution in [0.4, 0.5) is 0 Å². The Bertz CT molecular complexity index is 3380. The van der Waals surface area contributed by atoms with Gasteiger partial charge in [-0.2, -0.15) is 0 Å². The zero-order valence-electron chi connectivity index (χ0n) is 31.8. The van der Waals surface area contributed by atoms with Gasteiger partial charge in [-0.05, 0) is 168 Å². The molecule has 12 rings (SSSR count). The summed E-state index contributed by atoms with van der Waals surface area (Å²) < 4.78 is 0. The van der Waals surface area contributed by atoms with Gasteiger partial charge in [0, 0.05) is 0 Å². The summed E-state index contributed by atoms with van der Waals surface area (Å²) in [6.45, 7) is 0. The van der Waals surface area contributed by atoms with E-state index in [0.29, 0.717) is 0 Å². The average molecular weight is 733 g/mol. The molecule has 12 aromatic rings. The van der Waals surface area contributed by atoms with Crippen LogP contribution in [-0.2, 0) is 0 Å². The molecular weight excluding hydrogens is 697 g/mol. The molecule has 0 atom stereocenters.